The van der Waals surface area contributed by atoms with Crippen LogP contribution in [0.3, 0.4) is 0 Å². The van der Waals surface area contributed by atoms with E-state index in [1.807, 2.05) is 58.0 Å². The summed E-state index contributed by atoms with van der Waals surface area (Å²) in [7, 11) is 0. The average Bonchev–Trinajstić information content (AvgIpc) is 2.69. The van der Waals surface area contributed by atoms with Crippen molar-refractivity contribution in [1.29, 1.82) is 0 Å². The molecule has 2 aromatic rings. The molecule has 2 rings (SSSR count). The summed E-state index contributed by atoms with van der Waals surface area (Å²) in [6.07, 6.45) is 0.794. The summed E-state index contributed by atoms with van der Waals surface area (Å²) in [6.45, 7) is 7.85. The van der Waals surface area contributed by atoms with Crippen molar-refractivity contribution in [3.05, 3.63) is 64.1 Å². The lowest BCUT2D eigenvalue weighted by Gasteiger charge is -2.33. The highest BCUT2D eigenvalue weighted by Gasteiger charge is 2.31. The summed E-state index contributed by atoms with van der Waals surface area (Å²) in [5, 5.41) is 3.96. The monoisotopic (exact) mass is 480 g/mol. The van der Waals surface area contributed by atoms with Crippen LogP contribution in [0.15, 0.2) is 53.4 Å². The molecule has 0 fully saturated rings. The van der Waals surface area contributed by atoms with Crippen LogP contribution in [0.2, 0.25) is 10.0 Å². The van der Waals surface area contributed by atoms with Crippen LogP contribution in [0.5, 0.6) is 0 Å². The third-order valence-corrected chi connectivity index (χ3v) is 6.32. The summed E-state index contributed by atoms with van der Waals surface area (Å²) >= 11 is 14.4. The number of carbonyl (C=O) groups excluding carboxylic acids is 2. The number of rotatable bonds is 9. The highest BCUT2D eigenvalue weighted by molar-refractivity contribution is 7.99. The van der Waals surface area contributed by atoms with Crippen LogP contribution in [0.25, 0.3) is 0 Å². The molecular weight excluding hydrogens is 451 g/mol. The summed E-state index contributed by atoms with van der Waals surface area (Å²) in [6, 6.07) is 14.6. The largest absolute Gasteiger partial charge is 0.350 e. The Morgan fingerprint density at radius 3 is 2.19 bits per heavy atom. The number of benzene rings is 2. The fourth-order valence-corrected chi connectivity index (χ4v) is 4.52. The highest BCUT2D eigenvalue weighted by atomic mass is 35.5. The lowest BCUT2D eigenvalue weighted by molar-refractivity contribution is -0.141. The summed E-state index contributed by atoms with van der Waals surface area (Å²) in [5.74, 6) is 0.338. The van der Waals surface area contributed by atoms with Gasteiger partial charge in [-0.3, -0.25) is 9.59 Å². The number of halogens is 2. The van der Waals surface area contributed by atoms with Crippen LogP contribution in [0, 0.1) is 0 Å². The quantitative estimate of drug-likeness (QED) is 0.434. The Kier molecular flexibility index (Phi) is 9.73. The Morgan fingerprint density at radius 2 is 1.65 bits per heavy atom. The molecule has 2 amide bonds. The van der Waals surface area contributed by atoms with Crippen LogP contribution in [0.1, 0.15) is 46.1 Å². The maximum absolute atomic E-state index is 13.3. The molecule has 0 aromatic heterocycles. The molecule has 0 aliphatic carbocycles. The number of nitrogens with zero attached hydrogens (tertiary/aromatic N) is 1. The van der Waals surface area contributed by atoms with Gasteiger partial charge in [0.05, 0.1) is 0 Å². The molecule has 1 N–H and O–H groups in total. The van der Waals surface area contributed by atoms with Crippen molar-refractivity contribution in [3.63, 3.8) is 0 Å². The molecule has 2 aromatic carbocycles. The van der Waals surface area contributed by atoms with E-state index >= 15 is 0 Å². The van der Waals surface area contributed by atoms with Gasteiger partial charge in [0.15, 0.2) is 0 Å². The van der Waals surface area contributed by atoms with Gasteiger partial charge in [0.1, 0.15) is 6.04 Å². The number of amides is 2. The van der Waals surface area contributed by atoms with Crippen molar-refractivity contribution >= 4 is 46.8 Å². The van der Waals surface area contributed by atoms with E-state index in [0.29, 0.717) is 34.2 Å². The van der Waals surface area contributed by atoms with Gasteiger partial charge in [0.2, 0.25) is 11.8 Å². The van der Waals surface area contributed by atoms with Crippen molar-refractivity contribution in [3.8, 4) is 0 Å². The van der Waals surface area contributed by atoms with E-state index < -0.39 is 11.6 Å². The molecule has 0 unspecified atom stereocenters. The van der Waals surface area contributed by atoms with Crippen LogP contribution in [0.4, 0.5) is 0 Å². The van der Waals surface area contributed by atoms with Gasteiger partial charge in [-0.1, -0.05) is 54.4 Å². The van der Waals surface area contributed by atoms with E-state index in [1.54, 1.807) is 34.9 Å². The van der Waals surface area contributed by atoms with Gasteiger partial charge in [0.25, 0.3) is 0 Å². The third-order valence-electron chi connectivity index (χ3n) is 4.60. The fraction of sp³-hybridized carbons (Fsp3) is 0.417. The van der Waals surface area contributed by atoms with E-state index in [0.717, 1.165) is 4.90 Å². The second kappa shape index (κ2) is 11.8. The standard InChI is InChI=1S/C24H30Cl2N2O2S/c1-5-21(23(30)27-24(2,3)4)28(16-18-19(25)12-9-13-20(18)26)22(29)14-15-31-17-10-7-6-8-11-17/h6-13,21H,5,14-16H2,1-4H3,(H,27,30)/t21-/m1/s1. The molecule has 0 bridgehead atoms. The maximum atomic E-state index is 13.3. The lowest BCUT2D eigenvalue weighted by Crippen LogP contribution is -2.53. The zero-order valence-electron chi connectivity index (χ0n) is 18.5. The van der Waals surface area contributed by atoms with E-state index in [4.69, 9.17) is 23.2 Å². The number of hydrogen-bond donors (Lipinski definition) is 1. The topological polar surface area (TPSA) is 49.4 Å². The number of carbonyl (C=O) groups is 2. The minimum Gasteiger partial charge on any atom is -0.350 e. The van der Waals surface area contributed by atoms with Gasteiger partial charge in [0, 0.05) is 44.8 Å². The smallest absolute Gasteiger partial charge is 0.243 e. The molecule has 0 heterocycles. The molecule has 1 atom stereocenters. The maximum Gasteiger partial charge on any atom is 0.243 e. The van der Waals surface area contributed by atoms with Crippen molar-refractivity contribution < 1.29 is 9.59 Å². The van der Waals surface area contributed by atoms with Crippen molar-refractivity contribution in [1.82, 2.24) is 10.2 Å². The molecular formula is C24H30Cl2N2O2S. The predicted octanol–water partition coefficient (Wildman–Crippen LogP) is 6.20. The Hall–Kier alpha value is -1.69. The SMILES string of the molecule is CC[C@H](C(=O)NC(C)(C)C)N(Cc1c(Cl)cccc1Cl)C(=O)CCSc1ccccc1. The minimum atomic E-state index is -0.610. The van der Waals surface area contributed by atoms with Gasteiger partial charge in [-0.2, -0.15) is 0 Å². The Morgan fingerprint density at radius 1 is 1.03 bits per heavy atom. The first kappa shape index (κ1) is 25.6. The Labute approximate surface area is 199 Å². The van der Waals surface area contributed by atoms with Crippen LogP contribution in [-0.4, -0.2) is 34.0 Å². The Balaban J connectivity index is 2.23. The zero-order chi connectivity index (χ0) is 23.0. The molecule has 4 nitrogen and oxygen atoms in total. The van der Waals surface area contributed by atoms with Gasteiger partial charge >= 0.3 is 0 Å². The lowest BCUT2D eigenvalue weighted by atomic mass is 10.1. The molecule has 0 saturated heterocycles. The molecule has 7 heteroatoms. The molecule has 168 valence electrons. The molecule has 0 radical (unpaired) electrons. The Bertz CT molecular complexity index is 865. The van der Waals surface area contributed by atoms with E-state index in [2.05, 4.69) is 5.32 Å². The average molecular weight is 481 g/mol. The first-order valence-electron chi connectivity index (χ1n) is 10.3. The fourth-order valence-electron chi connectivity index (χ4n) is 3.14. The molecule has 31 heavy (non-hydrogen) atoms. The second-order valence-electron chi connectivity index (χ2n) is 8.30. The zero-order valence-corrected chi connectivity index (χ0v) is 20.8. The van der Waals surface area contributed by atoms with Crippen molar-refractivity contribution in [2.75, 3.05) is 5.75 Å². The van der Waals surface area contributed by atoms with Gasteiger partial charge in [-0.15, -0.1) is 11.8 Å². The van der Waals surface area contributed by atoms with E-state index in [1.165, 1.54) is 0 Å². The normalized spacial score (nSPS) is 12.3. The number of thioether (sulfide) groups is 1. The summed E-state index contributed by atoms with van der Waals surface area (Å²) < 4.78 is 0. The molecule has 0 spiro atoms. The van der Waals surface area contributed by atoms with Crippen LogP contribution in [-0.2, 0) is 16.1 Å². The van der Waals surface area contributed by atoms with Crippen molar-refractivity contribution in [2.24, 2.45) is 0 Å². The van der Waals surface area contributed by atoms with Crippen LogP contribution >= 0.6 is 35.0 Å². The van der Waals surface area contributed by atoms with E-state index in [-0.39, 0.29) is 18.4 Å². The van der Waals surface area contributed by atoms with Crippen LogP contribution < -0.4 is 5.32 Å². The first-order valence-corrected chi connectivity index (χ1v) is 12.1. The number of nitrogens with one attached hydrogen (secondary N) is 1. The third kappa shape index (κ3) is 8.06. The first-order chi connectivity index (χ1) is 14.6. The summed E-state index contributed by atoms with van der Waals surface area (Å²) in [4.78, 5) is 29.0. The number of hydrogen-bond acceptors (Lipinski definition) is 3. The predicted molar refractivity (Wildman–Crippen MR) is 131 cm³/mol. The van der Waals surface area contributed by atoms with E-state index in [9.17, 15) is 9.59 Å². The molecule has 0 aliphatic heterocycles. The minimum absolute atomic E-state index is 0.102. The van der Waals surface area contributed by atoms with Gasteiger partial charge < -0.3 is 10.2 Å². The van der Waals surface area contributed by atoms with Gasteiger partial charge in [-0.25, -0.2) is 0 Å². The molecule has 0 saturated carbocycles. The molecule has 0 aliphatic rings. The second-order valence-corrected chi connectivity index (χ2v) is 10.3. The highest BCUT2D eigenvalue weighted by Crippen LogP contribution is 2.28. The van der Waals surface area contributed by atoms with Gasteiger partial charge in [-0.05, 0) is 51.5 Å². The van der Waals surface area contributed by atoms with Crippen molar-refractivity contribution in [2.45, 2.75) is 63.6 Å². The summed E-state index contributed by atoms with van der Waals surface area (Å²) in [5.41, 5.74) is 0.252.